The van der Waals surface area contributed by atoms with Crippen LogP contribution < -0.4 is 5.32 Å². The van der Waals surface area contributed by atoms with Gasteiger partial charge in [0.1, 0.15) is 0 Å². The number of nitrogens with one attached hydrogen (secondary N) is 1. The molecule has 2 rings (SSSR count). The van der Waals surface area contributed by atoms with Crippen LogP contribution in [-0.2, 0) is 11.2 Å². The molecule has 0 radical (unpaired) electrons. The minimum Gasteiger partial charge on any atom is -0.354 e. The molecule has 1 amide bonds. The topological polar surface area (TPSA) is 32.3 Å². The number of rotatable bonds is 8. The normalized spacial score (nSPS) is 12.2. The molecular weight excluding hydrogens is 296 g/mol. The Morgan fingerprint density at radius 2 is 1.62 bits per heavy atom. The van der Waals surface area contributed by atoms with Gasteiger partial charge in [-0.05, 0) is 31.1 Å². The highest BCUT2D eigenvalue weighted by Crippen LogP contribution is 2.20. The van der Waals surface area contributed by atoms with Gasteiger partial charge in [-0.2, -0.15) is 0 Å². The summed E-state index contributed by atoms with van der Waals surface area (Å²) in [5.41, 5.74) is 3.55. The molecule has 1 atom stereocenters. The molecule has 0 aliphatic carbocycles. The minimum atomic E-state index is 0.0745. The third-order valence-corrected chi connectivity index (χ3v) is 4.42. The van der Waals surface area contributed by atoms with E-state index in [0.717, 1.165) is 18.7 Å². The van der Waals surface area contributed by atoms with Crippen molar-refractivity contribution in [3.8, 4) is 0 Å². The Hall–Kier alpha value is -2.13. The van der Waals surface area contributed by atoms with Gasteiger partial charge < -0.3 is 5.32 Å². The number of amides is 1. The van der Waals surface area contributed by atoms with Gasteiger partial charge in [0.15, 0.2) is 0 Å². The summed E-state index contributed by atoms with van der Waals surface area (Å²) in [5, 5.41) is 3.11. The predicted octanol–water partition coefficient (Wildman–Crippen LogP) is 3.74. The average Bonchev–Trinajstić information content (AvgIpc) is 2.60. The number of hydrogen-bond acceptors (Lipinski definition) is 2. The van der Waals surface area contributed by atoms with Gasteiger partial charge in [-0.15, -0.1) is 0 Å². The molecule has 2 aromatic rings. The van der Waals surface area contributed by atoms with Crippen molar-refractivity contribution in [2.45, 2.75) is 33.2 Å². The summed E-state index contributed by atoms with van der Waals surface area (Å²) in [6, 6.07) is 18.7. The van der Waals surface area contributed by atoms with Crippen LogP contribution in [0.1, 0.15) is 36.6 Å². The molecule has 0 saturated carbocycles. The Balaban J connectivity index is 2.02. The predicted molar refractivity (Wildman–Crippen MR) is 100.0 cm³/mol. The van der Waals surface area contributed by atoms with Gasteiger partial charge in [0, 0.05) is 6.54 Å². The average molecular weight is 324 g/mol. The van der Waals surface area contributed by atoms with E-state index in [0.29, 0.717) is 13.0 Å². The van der Waals surface area contributed by atoms with E-state index >= 15 is 0 Å². The van der Waals surface area contributed by atoms with E-state index in [2.05, 4.69) is 55.3 Å². The van der Waals surface area contributed by atoms with Crippen LogP contribution in [0.25, 0.3) is 0 Å². The zero-order valence-corrected chi connectivity index (χ0v) is 15.0. The zero-order valence-electron chi connectivity index (χ0n) is 15.0. The molecule has 0 aliphatic heterocycles. The molecule has 0 aromatic heterocycles. The molecular formula is C21H28N2O. The SMILES string of the molecule is CCN(CC)C(CNC(=O)Cc1ccccc1)c1ccc(C)cc1. The maximum absolute atomic E-state index is 12.3. The molecule has 0 fully saturated rings. The zero-order chi connectivity index (χ0) is 17.4. The van der Waals surface area contributed by atoms with Gasteiger partial charge in [0.25, 0.3) is 0 Å². The molecule has 1 unspecified atom stereocenters. The maximum atomic E-state index is 12.3. The number of benzene rings is 2. The lowest BCUT2D eigenvalue weighted by atomic mass is 10.0. The van der Waals surface area contributed by atoms with Gasteiger partial charge >= 0.3 is 0 Å². The Morgan fingerprint density at radius 1 is 1.00 bits per heavy atom. The van der Waals surface area contributed by atoms with Crippen molar-refractivity contribution < 1.29 is 4.79 Å². The van der Waals surface area contributed by atoms with Crippen LogP contribution in [0, 0.1) is 6.92 Å². The van der Waals surface area contributed by atoms with Crippen LogP contribution in [0.5, 0.6) is 0 Å². The first kappa shape index (κ1) is 18.2. The first-order valence-corrected chi connectivity index (χ1v) is 8.75. The molecule has 3 heteroatoms. The second kappa shape index (κ2) is 9.24. The smallest absolute Gasteiger partial charge is 0.224 e. The van der Waals surface area contributed by atoms with Crippen molar-refractivity contribution in [2.24, 2.45) is 0 Å². The van der Waals surface area contributed by atoms with Crippen molar-refractivity contribution in [3.05, 3.63) is 71.3 Å². The number of hydrogen-bond donors (Lipinski definition) is 1. The molecule has 2 aromatic carbocycles. The van der Waals surface area contributed by atoms with E-state index in [1.165, 1.54) is 11.1 Å². The Kier molecular flexibility index (Phi) is 7.01. The van der Waals surface area contributed by atoms with Crippen LogP contribution in [0.3, 0.4) is 0 Å². The summed E-state index contributed by atoms with van der Waals surface area (Å²) in [6.45, 7) is 8.98. The molecule has 0 aliphatic rings. The molecule has 0 heterocycles. The van der Waals surface area contributed by atoms with E-state index in [-0.39, 0.29) is 11.9 Å². The largest absolute Gasteiger partial charge is 0.354 e. The summed E-state index contributed by atoms with van der Waals surface area (Å²) in [7, 11) is 0. The maximum Gasteiger partial charge on any atom is 0.224 e. The van der Waals surface area contributed by atoms with Crippen LogP contribution in [0.4, 0.5) is 0 Å². The van der Waals surface area contributed by atoms with Crippen molar-refractivity contribution in [3.63, 3.8) is 0 Å². The minimum absolute atomic E-state index is 0.0745. The van der Waals surface area contributed by atoms with Crippen LogP contribution >= 0.6 is 0 Å². The van der Waals surface area contributed by atoms with E-state index in [1.54, 1.807) is 0 Å². The van der Waals surface area contributed by atoms with Crippen molar-refractivity contribution >= 4 is 5.91 Å². The molecule has 1 N–H and O–H groups in total. The first-order valence-electron chi connectivity index (χ1n) is 8.75. The standard InChI is InChI=1S/C21H28N2O/c1-4-23(5-2)20(19-13-11-17(3)12-14-19)16-22-21(24)15-18-9-7-6-8-10-18/h6-14,20H,4-5,15-16H2,1-3H3,(H,22,24). The van der Waals surface area contributed by atoms with Crippen LogP contribution in [-0.4, -0.2) is 30.4 Å². The number of likely N-dealkylation sites (N-methyl/N-ethyl adjacent to an activating group) is 1. The quantitative estimate of drug-likeness (QED) is 0.802. The fourth-order valence-electron chi connectivity index (χ4n) is 2.97. The number of carbonyl (C=O) groups excluding carboxylic acids is 1. The van der Waals surface area contributed by atoms with Gasteiger partial charge in [-0.25, -0.2) is 0 Å². The van der Waals surface area contributed by atoms with Gasteiger partial charge in [0.2, 0.25) is 5.91 Å². The van der Waals surface area contributed by atoms with Crippen LogP contribution in [0.15, 0.2) is 54.6 Å². The lowest BCUT2D eigenvalue weighted by molar-refractivity contribution is -0.120. The summed E-state index contributed by atoms with van der Waals surface area (Å²) in [5.74, 6) is 0.0745. The first-order chi connectivity index (χ1) is 11.6. The van der Waals surface area contributed by atoms with Crippen LogP contribution in [0.2, 0.25) is 0 Å². The van der Waals surface area contributed by atoms with Crippen molar-refractivity contribution in [1.29, 1.82) is 0 Å². The fourth-order valence-corrected chi connectivity index (χ4v) is 2.97. The molecule has 0 bridgehead atoms. The van der Waals surface area contributed by atoms with E-state index in [9.17, 15) is 4.79 Å². The van der Waals surface area contributed by atoms with Gasteiger partial charge in [-0.1, -0.05) is 74.0 Å². The summed E-state index contributed by atoms with van der Waals surface area (Å²) >= 11 is 0. The highest BCUT2D eigenvalue weighted by atomic mass is 16.1. The van der Waals surface area contributed by atoms with E-state index in [4.69, 9.17) is 0 Å². The molecule has 3 nitrogen and oxygen atoms in total. The Labute approximate surface area is 145 Å². The van der Waals surface area contributed by atoms with E-state index < -0.39 is 0 Å². The third-order valence-electron chi connectivity index (χ3n) is 4.42. The van der Waals surface area contributed by atoms with Crippen molar-refractivity contribution in [2.75, 3.05) is 19.6 Å². The summed E-state index contributed by atoms with van der Waals surface area (Å²) < 4.78 is 0. The number of nitrogens with zero attached hydrogens (tertiary/aromatic N) is 1. The van der Waals surface area contributed by atoms with E-state index in [1.807, 2.05) is 30.3 Å². The van der Waals surface area contributed by atoms with Crippen molar-refractivity contribution in [1.82, 2.24) is 10.2 Å². The van der Waals surface area contributed by atoms with Gasteiger partial charge in [-0.3, -0.25) is 9.69 Å². The summed E-state index contributed by atoms with van der Waals surface area (Å²) in [4.78, 5) is 14.7. The Bertz CT molecular complexity index is 618. The van der Waals surface area contributed by atoms with Gasteiger partial charge in [0.05, 0.1) is 12.5 Å². The molecule has 0 spiro atoms. The third kappa shape index (κ3) is 5.20. The summed E-state index contributed by atoms with van der Waals surface area (Å²) in [6.07, 6.45) is 0.430. The molecule has 0 saturated heterocycles. The lowest BCUT2D eigenvalue weighted by Gasteiger charge is -2.30. The fraction of sp³-hybridized carbons (Fsp3) is 0.381. The lowest BCUT2D eigenvalue weighted by Crippen LogP contribution is -2.38. The second-order valence-corrected chi connectivity index (χ2v) is 6.11. The molecule has 24 heavy (non-hydrogen) atoms. The number of aryl methyl sites for hydroxylation is 1. The highest BCUT2D eigenvalue weighted by molar-refractivity contribution is 5.78. The molecule has 128 valence electrons. The monoisotopic (exact) mass is 324 g/mol. The second-order valence-electron chi connectivity index (χ2n) is 6.11. The highest BCUT2D eigenvalue weighted by Gasteiger charge is 2.18. The number of carbonyl (C=O) groups is 1. The Morgan fingerprint density at radius 3 is 2.21 bits per heavy atom.